The van der Waals surface area contributed by atoms with Crippen molar-refractivity contribution in [1.29, 1.82) is 0 Å². The van der Waals surface area contributed by atoms with Crippen LogP contribution in [0.2, 0.25) is 0 Å². The fourth-order valence-corrected chi connectivity index (χ4v) is 13.1. The topological polar surface area (TPSA) is 183 Å². The normalized spacial score (nSPS) is 48.1. The molecule has 6 N–H and O–H groups in total. The Bertz CT molecular complexity index is 1620. The number of aliphatic carboxylic acids is 1. The maximum atomic E-state index is 12.0. The van der Waals surface area contributed by atoms with Crippen molar-refractivity contribution < 1.29 is 48.9 Å². The molecule has 0 aromatic carbocycles. The molecule has 0 aromatic heterocycles. The van der Waals surface area contributed by atoms with Gasteiger partial charge in [0.1, 0.15) is 17.7 Å². The van der Waals surface area contributed by atoms with E-state index < -0.39 is 59.4 Å². The monoisotopic (exact) mass is 830 g/mol. The minimum absolute atomic E-state index is 0.0801. The molecule has 7 aliphatic heterocycles. The first kappa shape index (κ1) is 43.3. The highest BCUT2D eigenvalue weighted by Gasteiger charge is 2.66. The lowest BCUT2D eigenvalue weighted by atomic mass is 9.57. The van der Waals surface area contributed by atoms with Crippen molar-refractivity contribution in [3.05, 3.63) is 23.8 Å². The number of fused-ring (bicyclic) bond motifs is 6. The van der Waals surface area contributed by atoms with E-state index >= 15 is 0 Å². The number of rotatable bonds is 6. The molecule has 0 saturated carbocycles. The maximum absolute atomic E-state index is 12.0. The van der Waals surface area contributed by atoms with Crippen molar-refractivity contribution in [3.63, 3.8) is 0 Å². The molecule has 6 saturated heterocycles. The van der Waals surface area contributed by atoms with Gasteiger partial charge >= 0.3 is 5.97 Å². The summed E-state index contributed by atoms with van der Waals surface area (Å²) < 4.78 is 35.2. The minimum Gasteiger partial charge on any atom is -0.480 e. The summed E-state index contributed by atoms with van der Waals surface area (Å²) in [6.07, 6.45) is 10.8. The maximum Gasteiger partial charge on any atom is 0.321 e. The van der Waals surface area contributed by atoms with Crippen LogP contribution >= 0.6 is 11.8 Å². The summed E-state index contributed by atoms with van der Waals surface area (Å²) in [5, 5.41) is 44.8. The van der Waals surface area contributed by atoms with Crippen molar-refractivity contribution in [2.24, 2.45) is 39.8 Å². The van der Waals surface area contributed by atoms with Crippen LogP contribution in [0.4, 0.5) is 0 Å². The molecule has 0 aromatic rings. The minimum atomic E-state index is -1.16. The SMILES string of the molecule is C=C1CCCC2=NCC(C)C(C)CC23CCC(C(O)CSCC(N)C(=O)O)=CC3C2OC3(CC4CCCC5(CCC6(OC(CCC6(C)O)C1)O5)O4)CC(C)C(O)C2O3. The smallest absolute Gasteiger partial charge is 0.321 e. The first-order chi connectivity index (χ1) is 27.5. The molecule has 16 unspecified atom stereocenters. The number of nitrogens with two attached hydrogens (primary N) is 1. The molecule has 8 rings (SSSR count). The van der Waals surface area contributed by atoms with Crippen molar-refractivity contribution in [2.75, 3.05) is 18.1 Å². The molecule has 7 bridgehead atoms. The molecular weight excluding hydrogens is 761 g/mol. The average Bonchev–Trinajstić information content (AvgIpc) is 3.65. The Morgan fingerprint density at radius 2 is 1.71 bits per heavy atom. The zero-order valence-corrected chi connectivity index (χ0v) is 36.1. The molecule has 13 heteroatoms. The van der Waals surface area contributed by atoms with Gasteiger partial charge in [-0.2, -0.15) is 11.8 Å². The van der Waals surface area contributed by atoms with Gasteiger partial charge < -0.3 is 49.8 Å². The molecule has 7 heterocycles. The number of hydrogen-bond acceptors (Lipinski definition) is 12. The van der Waals surface area contributed by atoms with Gasteiger partial charge in [0, 0.05) is 67.2 Å². The fourth-order valence-electron chi connectivity index (χ4n) is 12.1. The predicted molar refractivity (Wildman–Crippen MR) is 221 cm³/mol. The third-order valence-corrected chi connectivity index (χ3v) is 16.9. The second-order valence-electron chi connectivity index (χ2n) is 20.1. The van der Waals surface area contributed by atoms with Crippen molar-refractivity contribution in [1.82, 2.24) is 0 Å². The Kier molecular flexibility index (Phi) is 12.2. The summed E-state index contributed by atoms with van der Waals surface area (Å²) in [6, 6.07) is -0.995. The molecular formula is C45H70N2O10S. The number of aliphatic imine (C=N–C) groups is 1. The molecule has 1 aliphatic carbocycles. The van der Waals surface area contributed by atoms with Crippen LogP contribution in [0.1, 0.15) is 130 Å². The summed E-state index contributed by atoms with van der Waals surface area (Å²) in [6.45, 7) is 13.9. The van der Waals surface area contributed by atoms with E-state index in [1.54, 1.807) is 0 Å². The van der Waals surface area contributed by atoms with Crippen molar-refractivity contribution in [3.8, 4) is 0 Å². The zero-order chi connectivity index (χ0) is 41.3. The van der Waals surface area contributed by atoms with Crippen LogP contribution in [0.15, 0.2) is 28.8 Å². The van der Waals surface area contributed by atoms with Crippen LogP contribution in [0.3, 0.4) is 0 Å². The fraction of sp³-hybridized carbons (Fsp3) is 0.867. The Labute approximate surface area is 349 Å². The molecule has 326 valence electrons. The lowest BCUT2D eigenvalue weighted by molar-refractivity contribution is -0.403. The largest absolute Gasteiger partial charge is 0.480 e. The van der Waals surface area contributed by atoms with E-state index in [1.807, 2.05) is 6.92 Å². The highest BCUT2D eigenvalue weighted by atomic mass is 32.2. The van der Waals surface area contributed by atoms with Crippen LogP contribution in [-0.4, -0.2) is 116 Å². The average molecular weight is 831 g/mol. The van der Waals surface area contributed by atoms with Gasteiger partial charge in [-0.25, -0.2) is 0 Å². The van der Waals surface area contributed by atoms with E-state index in [1.165, 1.54) is 17.5 Å². The summed E-state index contributed by atoms with van der Waals surface area (Å²) in [5.41, 5.74) is 7.50. The zero-order valence-electron chi connectivity index (χ0n) is 35.2. The van der Waals surface area contributed by atoms with Gasteiger partial charge in [0.15, 0.2) is 11.6 Å². The number of carbonyl (C=O) groups is 1. The standard InChI is InChI=1S/C45H70N2O10S/c1-26-8-6-10-36-42(20-27(2)29(4)23-47-36)15-11-30(35(48)25-58-24-34(46)40(50)51)19-33(42)38-39-37(49)28(3)21-44(55-38,56-39)22-32-9-7-13-43(53-32)16-17-45(57-43)41(5,52)14-12-31(18-26)54-45/h19,27-29,31-35,37-39,48-49,52H,1,6-18,20-25,46H2,2-5H3,(H,50,51). The van der Waals surface area contributed by atoms with Crippen LogP contribution in [-0.2, 0) is 28.5 Å². The van der Waals surface area contributed by atoms with Gasteiger partial charge in [-0.1, -0.05) is 39.0 Å². The Balaban J connectivity index is 1.18. The van der Waals surface area contributed by atoms with Gasteiger partial charge in [0.2, 0.25) is 5.79 Å². The molecule has 0 amide bonds. The number of carboxylic acids is 1. The van der Waals surface area contributed by atoms with Crippen molar-refractivity contribution >= 4 is 23.4 Å². The summed E-state index contributed by atoms with van der Waals surface area (Å²) in [7, 11) is 0. The number of aliphatic hydroxyl groups excluding tert-OH is 2. The molecule has 16 atom stereocenters. The van der Waals surface area contributed by atoms with E-state index in [9.17, 15) is 25.2 Å². The molecule has 8 aliphatic rings. The Hall–Kier alpha value is -1.39. The molecule has 0 radical (unpaired) electrons. The second kappa shape index (κ2) is 16.4. The lowest BCUT2D eigenvalue weighted by Crippen LogP contribution is -2.60. The Morgan fingerprint density at radius 1 is 0.914 bits per heavy atom. The molecule has 4 spiro atoms. The van der Waals surface area contributed by atoms with Crippen LogP contribution in [0.5, 0.6) is 0 Å². The summed E-state index contributed by atoms with van der Waals surface area (Å²) in [4.78, 5) is 16.9. The number of hydrogen-bond donors (Lipinski definition) is 5. The highest BCUT2D eigenvalue weighted by molar-refractivity contribution is 7.99. The predicted octanol–water partition coefficient (Wildman–Crippen LogP) is 6.04. The van der Waals surface area contributed by atoms with Crippen molar-refractivity contribution in [2.45, 2.75) is 196 Å². The van der Waals surface area contributed by atoms with E-state index in [4.69, 9.17) is 34.4 Å². The first-order valence-corrected chi connectivity index (χ1v) is 23.6. The summed E-state index contributed by atoms with van der Waals surface area (Å²) in [5.74, 6) is -3.07. The van der Waals surface area contributed by atoms with E-state index in [0.29, 0.717) is 62.5 Å². The van der Waals surface area contributed by atoms with Gasteiger partial charge in [0.05, 0.1) is 30.5 Å². The van der Waals surface area contributed by atoms with Crippen LogP contribution < -0.4 is 5.73 Å². The van der Waals surface area contributed by atoms with E-state index in [2.05, 4.69) is 33.4 Å². The van der Waals surface area contributed by atoms with E-state index in [-0.39, 0.29) is 35.2 Å². The molecule has 12 nitrogen and oxygen atoms in total. The quantitative estimate of drug-likeness (QED) is 0.196. The number of nitrogens with zero attached hydrogens (tertiary/aromatic N) is 1. The van der Waals surface area contributed by atoms with Gasteiger partial charge in [-0.15, -0.1) is 0 Å². The molecule has 6 fully saturated rings. The Morgan fingerprint density at radius 3 is 2.50 bits per heavy atom. The van der Waals surface area contributed by atoms with Gasteiger partial charge in [0.25, 0.3) is 0 Å². The third kappa shape index (κ3) is 8.05. The lowest BCUT2D eigenvalue weighted by Gasteiger charge is -2.50. The van der Waals surface area contributed by atoms with E-state index in [0.717, 1.165) is 75.5 Å². The van der Waals surface area contributed by atoms with Crippen LogP contribution in [0.25, 0.3) is 0 Å². The highest BCUT2D eigenvalue weighted by Crippen LogP contribution is 2.59. The summed E-state index contributed by atoms with van der Waals surface area (Å²) >= 11 is 1.35. The molecule has 58 heavy (non-hydrogen) atoms. The second-order valence-corrected chi connectivity index (χ2v) is 21.2. The van der Waals surface area contributed by atoms with Crippen LogP contribution in [0, 0.1) is 29.1 Å². The van der Waals surface area contributed by atoms with Gasteiger partial charge in [-0.3, -0.25) is 9.79 Å². The number of aliphatic hydroxyl groups is 3. The third-order valence-electron chi connectivity index (χ3n) is 15.7. The number of thioether (sulfide) groups is 1. The number of carboxylic acid groups (broad SMARTS) is 1. The number of ether oxygens (including phenoxy) is 5. The first-order valence-electron chi connectivity index (χ1n) is 22.4. The van der Waals surface area contributed by atoms with Gasteiger partial charge in [-0.05, 0) is 101 Å².